The smallest absolute Gasteiger partial charge is 0.352 e. The van der Waals surface area contributed by atoms with Gasteiger partial charge in [-0.15, -0.1) is 0 Å². The lowest BCUT2D eigenvalue weighted by atomic mass is 10.1. The number of hydrogen-bond acceptors (Lipinski definition) is 2. The Morgan fingerprint density at radius 3 is 2.23 bits per heavy atom. The maximum Gasteiger partial charge on any atom is 0.416 e. The van der Waals surface area contributed by atoms with Gasteiger partial charge in [0.2, 0.25) is 5.91 Å². The van der Waals surface area contributed by atoms with E-state index in [0.29, 0.717) is 24.9 Å². The Balaban J connectivity index is 2.25. The first kappa shape index (κ1) is 17.8. The first-order valence-electron chi connectivity index (χ1n) is 6.75. The molecule has 0 heterocycles. The van der Waals surface area contributed by atoms with E-state index in [0.717, 1.165) is 12.1 Å². The van der Waals surface area contributed by atoms with Crippen molar-refractivity contribution in [2.75, 3.05) is 6.54 Å². The molecule has 0 unspecified atom stereocenters. The van der Waals surface area contributed by atoms with Gasteiger partial charge in [-0.05, 0) is 30.5 Å². The van der Waals surface area contributed by atoms with Gasteiger partial charge in [0.05, 0.1) is 5.56 Å². The Labute approximate surface area is 126 Å². The molecule has 0 aliphatic carbocycles. The van der Waals surface area contributed by atoms with Crippen LogP contribution < -0.4 is 16.4 Å². The molecular weight excluding hydrogens is 299 g/mol. The minimum Gasteiger partial charge on any atom is -0.352 e. The second-order valence-corrected chi connectivity index (χ2v) is 4.72. The van der Waals surface area contributed by atoms with Crippen molar-refractivity contribution in [2.24, 2.45) is 5.73 Å². The van der Waals surface area contributed by atoms with E-state index in [1.807, 2.05) is 0 Å². The van der Waals surface area contributed by atoms with E-state index < -0.39 is 17.8 Å². The molecule has 3 amide bonds. The molecule has 1 rings (SSSR count). The number of carbonyl (C=O) groups is 2. The van der Waals surface area contributed by atoms with E-state index in [1.54, 1.807) is 0 Å². The van der Waals surface area contributed by atoms with Crippen LogP contribution in [0.3, 0.4) is 0 Å². The van der Waals surface area contributed by atoms with E-state index in [2.05, 4.69) is 10.6 Å². The average molecular weight is 317 g/mol. The number of unbranched alkanes of at least 4 members (excludes halogenated alkanes) is 1. The monoisotopic (exact) mass is 317 g/mol. The van der Waals surface area contributed by atoms with E-state index >= 15 is 0 Å². The highest BCUT2D eigenvalue weighted by Gasteiger charge is 2.29. The third kappa shape index (κ3) is 6.96. The summed E-state index contributed by atoms with van der Waals surface area (Å²) in [7, 11) is 0. The molecular formula is C14H18F3N3O2. The van der Waals surface area contributed by atoms with Crippen molar-refractivity contribution in [1.29, 1.82) is 0 Å². The SMILES string of the molecule is NC(=O)NCCCCC(=O)NCc1ccc(C(F)(F)F)cc1. The van der Waals surface area contributed by atoms with Gasteiger partial charge >= 0.3 is 12.2 Å². The Kier molecular flexibility index (Phi) is 6.68. The van der Waals surface area contributed by atoms with Crippen LogP contribution in [-0.4, -0.2) is 18.5 Å². The van der Waals surface area contributed by atoms with Crippen LogP contribution in [0.5, 0.6) is 0 Å². The van der Waals surface area contributed by atoms with Crippen molar-refractivity contribution in [3.63, 3.8) is 0 Å². The number of hydrogen-bond donors (Lipinski definition) is 3. The van der Waals surface area contributed by atoms with Crippen molar-refractivity contribution in [3.05, 3.63) is 35.4 Å². The average Bonchev–Trinajstić information content (AvgIpc) is 2.44. The van der Waals surface area contributed by atoms with Crippen LogP contribution in [0.15, 0.2) is 24.3 Å². The van der Waals surface area contributed by atoms with Crippen LogP contribution >= 0.6 is 0 Å². The quantitative estimate of drug-likeness (QED) is 0.673. The predicted molar refractivity (Wildman–Crippen MR) is 74.7 cm³/mol. The fourth-order valence-corrected chi connectivity index (χ4v) is 1.72. The first-order valence-corrected chi connectivity index (χ1v) is 6.75. The molecule has 0 fully saturated rings. The molecule has 0 radical (unpaired) electrons. The molecule has 0 atom stereocenters. The van der Waals surface area contributed by atoms with E-state index in [9.17, 15) is 22.8 Å². The standard InChI is InChI=1S/C14H18F3N3O2/c15-14(16,17)11-6-4-10(5-7-11)9-20-12(21)3-1-2-8-19-13(18)22/h4-7H,1-3,8-9H2,(H,20,21)(H3,18,19,22). The maximum absolute atomic E-state index is 12.4. The minimum absolute atomic E-state index is 0.177. The molecule has 5 nitrogen and oxygen atoms in total. The minimum atomic E-state index is -4.36. The zero-order chi connectivity index (χ0) is 16.6. The first-order chi connectivity index (χ1) is 10.3. The summed E-state index contributed by atoms with van der Waals surface area (Å²) in [5, 5.41) is 5.03. The van der Waals surface area contributed by atoms with Gasteiger partial charge in [-0.3, -0.25) is 4.79 Å². The third-order valence-corrected chi connectivity index (χ3v) is 2.90. The zero-order valence-corrected chi connectivity index (χ0v) is 11.9. The predicted octanol–water partition coefficient (Wildman–Crippen LogP) is 2.16. The number of urea groups is 1. The number of benzene rings is 1. The third-order valence-electron chi connectivity index (χ3n) is 2.90. The van der Waals surface area contributed by atoms with Crippen LogP contribution in [-0.2, 0) is 17.5 Å². The zero-order valence-electron chi connectivity index (χ0n) is 11.9. The number of primary amides is 1. The molecule has 0 spiro atoms. The molecule has 1 aromatic rings. The van der Waals surface area contributed by atoms with E-state index in [-0.39, 0.29) is 18.9 Å². The van der Waals surface area contributed by atoms with Crippen molar-refractivity contribution < 1.29 is 22.8 Å². The van der Waals surface area contributed by atoms with Gasteiger partial charge in [0, 0.05) is 19.5 Å². The number of alkyl halides is 3. The Morgan fingerprint density at radius 2 is 1.68 bits per heavy atom. The van der Waals surface area contributed by atoms with Gasteiger partial charge in [-0.25, -0.2) is 4.79 Å². The van der Waals surface area contributed by atoms with Crippen LogP contribution in [0.1, 0.15) is 30.4 Å². The molecule has 4 N–H and O–H groups in total. The lowest BCUT2D eigenvalue weighted by Gasteiger charge is -2.08. The van der Waals surface area contributed by atoms with E-state index in [4.69, 9.17) is 5.73 Å². The van der Waals surface area contributed by atoms with Crippen molar-refractivity contribution in [3.8, 4) is 0 Å². The summed E-state index contributed by atoms with van der Waals surface area (Å²) in [5.74, 6) is -0.195. The van der Waals surface area contributed by atoms with Crippen molar-refractivity contribution in [1.82, 2.24) is 10.6 Å². The number of halogens is 3. The lowest BCUT2D eigenvalue weighted by Crippen LogP contribution is -2.30. The number of rotatable bonds is 7. The number of amides is 3. The summed E-state index contributed by atoms with van der Waals surface area (Å²) < 4.78 is 37.1. The van der Waals surface area contributed by atoms with Gasteiger partial charge in [0.15, 0.2) is 0 Å². The second-order valence-electron chi connectivity index (χ2n) is 4.72. The normalized spacial score (nSPS) is 11.0. The molecule has 0 saturated carbocycles. The van der Waals surface area contributed by atoms with Crippen LogP contribution in [0, 0.1) is 0 Å². The molecule has 0 aliphatic heterocycles. The molecule has 8 heteroatoms. The Morgan fingerprint density at radius 1 is 1.05 bits per heavy atom. The molecule has 0 aliphatic rings. The molecule has 0 bridgehead atoms. The number of carbonyl (C=O) groups excluding carboxylic acids is 2. The van der Waals surface area contributed by atoms with Crippen LogP contribution in [0.2, 0.25) is 0 Å². The maximum atomic E-state index is 12.4. The summed E-state index contributed by atoms with van der Waals surface area (Å²) in [5.41, 5.74) is 4.76. The Hall–Kier alpha value is -2.25. The topological polar surface area (TPSA) is 84.2 Å². The molecule has 22 heavy (non-hydrogen) atoms. The largest absolute Gasteiger partial charge is 0.416 e. The number of nitrogens with one attached hydrogen (secondary N) is 2. The summed E-state index contributed by atoms with van der Waals surface area (Å²) >= 11 is 0. The fraction of sp³-hybridized carbons (Fsp3) is 0.429. The summed E-state index contributed by atoms with van der Waals surface area (Å²) in [6.45, 7) is 0.581. The van der Waals surface area contributed by atoms with Crippen LogP contribution in [0.25, 0.3) is 0 Å². The fourth-order valence-electron chi connectivity index (χ4n) is 1.72. The van der Waals surface area contributed by atoms with Crippen molar-refractivity contribution >= 4 is 11.9 Å². The van der Waals surface area contributed by atoms with Crippen molar-refractivity contribution in [2.45, 2.75) is 32.0 Å². The summed E-state index contributed by atoms with van der Waals surface area (Å²) in [6.07, 6.45) is -2.88. The molecule has 0 aromatic heterocycles. The highest BCUT2D eigenvalue weighted by atomic mass is 19.4. The van der Waals surface area contributed by atoms with E-state index in [1.165, 1.54) is 12.1 Å². The molecule has 1 aromatic carbocycles. The summed E-state index contributed by atoms with van der Waals surface area (Å²) in [6, 6.07) is 4.03. The Bertz CT molecular complexity index is 501. The second kappa shape index (κ2) is 8.26. The highest BCUT2D eigenvalue weighted by Crippen LogP contribution is 2.28. The van der Waals surface area contributed by atoms with Gasteiger partial charge in [0.25, 0.3) is 0 Å². The van der Waals surface area contributed by atoms with Gasteiger partial charge < -0.3 is 16.4 Å². The van der Waals surface area contributed by atoms with Gasteiger partial charge in [-0.2, -0.15) is 13.2 Å². The molecule has 0 saturated heterocycles. The summed E-state index contributed by atoms with van der Waals surface area (Å²) in [4.78, 5) is 21.9. The molecule has 122 valence electrons. The van der Waals surface area contributed by atoms with Crippen LogP contribution in [0.4, 0.5) is 18.0 Å². The van der Waals surface area contributed by atoms with Gasteiger partial charge in [0.1, 0.15) is 0 Å². The van der Waals surface area contributed by atoms with Gasteiger partial charge in [-0.1, -0.05) is 12.1 Å². The number of nitrogens with two attached hydrogens (primary N) is 1. The highest BCUT2D eigenvalue weighted by molar-refractivity contribution is 5.75. The lowest BCUT2D eigenvalue weighted by molar-refractivity contribution is -0.137.